The summed E-state index contributed by atoms with van der Waals surface area (Å²) in [6.07, 6.45) is 1.32. The summed E-state index contributed by atoms with van der Waals surface area (Å²) in [6, 6.07) is 9.53. The van der Waals surface area contributed by atoms with Crippen LogP contribution in [0.5, 0.6) is 0 Å². The van der Waals surface area contributed by atoms with E-state index < -0.39 is 34.3 Å². The second-order valence-electron chi connectivity index (χ2n) is 7.67. The van der Waals surface area contributed by atoms with Crippen molar-refractivity contribution in [2.45, 2.75) is 39.8 Å². The number of amides is 2. The van der Waals surface area contributed by atoms with E-state index in [0.717, 1.165) is 10.6 Å². The molecule has 0 radical (unpaired) electrons. The zero-order valence-corrected chi connectivity index (χ0v) is 20.7. The molecule has 180 valence electrons. The first-order chi connectivity index (χ1) is 15.5. The van der Waals surface area contributed by atoms with E-state index in [2.05, 4.69) is 5.32 Å². The summed E-state index contributed by atoms with van der Waals surface area (Å²) >= 11 is 6.08. The van der Waals surface area contributed by atoms with Crippen LogP contribution in [0.25, 0.3) is 0 Å². The lowest BCUT2D eigenvalue weighted by atomic mass is 10.1. The number of benzene rings is 2. The van der Waals surface area contributed by atoms with Crippen LogP contribution in [0.4, 0.5) is 10.1 Å². The fraction of sp³-hybridized carbons (Fsp3) is 0.391. The maximum Gasteiger partial charge on any atom is 0.244 e. The van der Waals surface area contributed by atoms with E-state index in [-0.39, 0.29) is 18.1 Å². The Balaban J connectivity index is 2.46. The van der Waals surface area contributed by atoms with Crippen LogP contribution in [0.1, 0.15) is 31.4 Å². The van der Waals surface area contributed by atoms with Gasteiger partial charge in [-0.15, -0.1) is 0 Å². The predicted octanol–water partition coefficient (Wildman–Crippen LogP) is 3.50. The fourth-order valence-electron chi connectivity index (χ4n) is 3.44. The largest absolute Gasteiger partial charge is 0.355 e. The first-order valence-electron chi connectivity index (χ1n) is 10.5. The molecule has 0 aliphatic heterocycles. The molecule has 0 saturated carbocycles. The van der Waals surface area contributed by atoms with Crippen LogP contribution in [-0.2, 0) is 26.2 Å². The van der Waals surface area contributed by atoms with Crippen LogP contribution in [0.2, 0.25) is 5.02 Å². The number of carbonyl (C=O) groups is 2. The first kappa shape index (κ1) is 26.6. The van der Waals surface area contributed by atoms with Crippen LogP contribution in [0.15, 0.2) is 42.5 Å². The minimum atomic E-state index is -3.85. The van der Waals surface area contributed by atoms with Gasteiger partial charge in [-0.3, -0.25) is 13.9 Å². The van der Waals surface area contributed by atoms with Gasteiger partial charge in [-0.05, 0) is 55.7 Å². The zero-order valence-electron chi connectivity index (χ0n) is 19.1. The highest BCUT2D eigenvalue weighted by atomic mass is 35.5. The third kappa shape index (κ3) is 7.17. The minimum absolute atomic E-state index is 0.0148. The molecule has 0 aliphatic rings. The van der Waals surface area contributed by atoms with E-state index in [1.807, 2.05) is 0 Å². The monoisotopic (exact) mass is 497 g/mol. The minimum Gasteiger partial charge on any atom is -0.355 e. The van der Waals surface area contributed by atoms with Gasteiger partial charge < -0.3 is 10.2 Å². The standard InChI is InChI=1S/C23H29ClFN3O4S/c1-5-20(23(30)26-6-2)27(14-17-8-11-19(25)12-9-17)22(29)15-28(33(4,31)32)21-13-18(24)10-7-16(21)3/h7-13,20H,5-6,14-15H2,1-4H3,(H,26,30). The fourth-order valence-corrected chi connectivity index (χ4v) is 4.51. The molecule has 0 spiro atoms. The third-order valence-corrected chi connectivity index (χ3v) is 6.48. The number of likely N-dealkylation sites (N-methyl/N-ethyl adjacent to an activating group) is 1. The van der Waals surface area contributed by atoms with E-state index in [1.165, 1.54) is 35.2 Å². The Hall–Kier alpha value is -2.65. The number of nitrogens with one attached hydrogen (secondary N) is 1. The lowest BCUT2D eigenvalue weighted by Crippen LogP contribution is -2.52. The molecular formula is C23H29ClFN3O4S. The molecule has 2 aromatic rings. The number of aryl methyl sites for hydroxylation is 1. The van der Waals surface area contributed by atoms with Crippen LogP contribution in [0, 0.1) is 12.7 Å². The number of hydrogen-bond acceptors (Lipinski definition) is 4. The number of sulfonamides is 1. The Bertz CT molecular complexity index is 1090. The summed E-state index contributed by atoms with van der Waals surface area (Å²) in [5.74, 6) is -1.34. The number of rotatable bonds is 10. The molecule has 0 bridgehead atoms. The molecule has 1 N–H and O–H groups in total. The number of halogens is 2. The topological polar surface area (TPSA) is 86.8 Å². The Kier molecular flexibility index (Phi) is 9.25. The molecule has 1 unspecified atom stereocenters. The van der Waals surface area contributed by atoms with E-state index in [1.54, 1.807) is 32.9 Å². The highest BCUT2D eigenvalue weighted by Gasteiger charge is 2.32. The van der Waals surface area contributed by atoms with Gasteiger partial charge in [-0.2, -0.15) is 0 Å². The molecule has 2 aromatic carbocycles. The lowest BCUT2D eigenvalue weighted by Gasteiger charge is -2.33. The lowest BCUT2D eigenvalue weighted by molar-refractivity contribution is -0.140. The van der Waals surface area contributed by atoms with Gasteiger partial charge in [-0.25, -0.2) is 12.8 Å². The van der Waals surface area contributed by atoms with Crippen LogP contribution in [-0.4, -0.2) is 50.5 Å². The van der Waals surface area contributed by atoms with Gasteiger partial charge in [0.05, 0.1) is 11.9 Å². The summed E-state index contributed by atoms with van der Waals surface area (Å²) in [6.45, 7) is 5.13. The van der Waals surface area contributed by atoms with Crippen molar-refractivity contribution in [3.63, 3.8) is 0 Å². The summed E-state index contributed by atoms with van der Waals surface area (Å²) in [7, 11) is -3.85. The van der Waals surface area contributed by atoms with Crippen molar-refractivity contribution in [1.29, 1.82) is 0 Å². The molecule has 0 fully saturated rings. The summed E-state index contributed by atoms with van der Waals surface area (Å²) in [4.78, 5) is 27.5. The Morgan fingerprint density at radius 2 is 1.76 bits per heavy atom. The van der Waals surface area contributed by atoms with E-state index in [9.17, 15) is 22.4 Å². The normalized spacial score (nSPS) is 12.2. The Labute approximate surface area is 199 Å². The van der Waals surface area contributed by atoms with Crippen molar-refractivity contribution in [2.24, 2.45) is 0 Å². The molecular weight excluding hydrogens is 469 g/mol. The molecule has 1 atom stereocenters. The quantitative estimate of drug-likeness (QED) is 0.544. The highest BCUT2D eigenvalue weighted by molar-refractivity contribution is 7.92. The Morgan fingerprint density at radius 1 is 1.12 bits per heavy atom. The van der Waals surface area contributed by atoms with Crippen LogP contribution >= 0.6 is 11.6 Å². The molecule has 0 aliphatic carbocycles. The number of carbonyl (C=O) groups excluding carboxylic acids is 2. The summed E-state index contributed by atoms with van der Waals surface area (Å²) in [5, 5.41) is 3.04. The molecule has 33 heavy (non-hydrogen) atoms. The predicted molar refractivity (Wildman–Crippen MR) is 128 cm³/mol. The smallest absolute Gasteiger partial charge is 0.244 e. The van der Waals surface area contributed by atoms with Gasteiger partial charge in [0.1, 0.15) is 18.4 Å². The summed E-state index contributed by atoms with van der Waals surface area (Å²) < 4.78 is 39.6. The second-order valence-corrected chi connectivity index (χ2v) is 10.0. The zero-order chi connectivity index (χ0) is 24.8. The van der Waals surface area contributed by atoms with Crippen molar-refractivity contribution >= 4 is 39.1 Å². The molecule has 0 aromatic heterocycles. The number of nitrogens with zero attached hydrogens (tertiary/aromatic N) is 2. The highest BCUT2D eigenvalue weighted by Crippen LogP contribution is 2.27. The van der Waals surface area contributed by atoms with E-state index in [0.29, 0.717) is 29.1 Å². The molecule has 0 heterocycles. The van der Waals surface area contributed by atoms with Gasteiger partial charge >= 0.3 is 0 Å². The second kappa shape index (κ2) is 11.5. The van der Waals surface area contributed by atoms with Gasteiger partial charge in [0.25, 0.3) is 0 Å². The van der Waals surface area contributed by atoms with Gasteiger partial charge in [0.15, 0.2) is 0 Å². The number of hydrogen-bond donors (Lipinski definition) is 1. The van der Waals surface area contributed by atoms with E-state index in [4.69, 9.17) is 11.6 Å². The van der Waals surface area contributed by atoms with Crippen LogP contribution in [0.3, 0.4) is 0 Å². The maximum absolute atomic E-state index is 13.5. The van der Waals surface area contributed by atoms with Crippen molar-refractivity contribution in [1.82, 2.24) is 10.2 Å². The van der Waals surface area contributed by atoms with Crippen molar-refractivity contribution in [3.05, 3.63) is 64.4 Å². The van der Waals surface area contributed by atoms with Crippen molar-refractivity contribution < 1.29 is 22.4 Å². The molecule has 7 nitrogen and oxygen atoms in total. The van der Waals surface area contributed by atoms with Crippen LogP contribution < -0.4 is 9.62 Å². The number of anilines is 1. The average Bonchev–Trinajstić information content (AvgIpc) is 2.74. The molecule has 2 rings (SSSR count). The SMILES string of the molecule is CCNC(=O)C(CC)N(Cc1ccc(F)cc1)C(=O)CN(c1cc(Cl)ccc1C)S(C)(=O)=O. The molecule has 2 amide bonds. The van der Waals surface area contributed by atoms with Gasteiger partial charge in [-0.1, -0.05) is 36.7 Å². The average molecular weight is 498 g/mol. The van der Waals surface area contributed by atoms with E-state index >= 15 is 0 Å². The maximum atomic E-state index is 13.5. The first-order valence-corrected chi connectivity index (χ1v) is 12.8. The van der Waals surface area contributed by atoms with Crippen molar-refractivity contribution in [3.8, 4) is 0 Å². The molecule has 0 saturated heterocycles. The molecule has 10 heteroatoms. The van der Waals surface area contributed by atoms with Gasteiger partial charge in [0, 0.05) is 18.1 Å². The summed E-state index contributed by atoms with van der Waals surface area (Å²) in [5.41, 5.74) is 1.52. The van der Waals surface area contributed by atoms with Crippen molar-refractivity contribution in [2.75, 3.05) is 23.7 Å². The third-order valence-electron chi connectivity index (χ3n) is 5.12. The Morgan fingerprint density at radius 3 is 2.30 bits per heavy atom. The van der Waals surface area contributed by atoms with Gasteiger partial charge in [0.2, 0.25) is 21.8 Å².